The van der Waals surface area contributed by atoms with Crippen LogP contribution in [0.25, 0.3) is 10.9 Å². The van der Waals surface area contributed by atoms with E-state index in [-0.39, 0.29) is 0 Å². The fraction of sp³-hybridized carbons (Fsp3) is 0.250. The molecule has 0 saturated carbocycles. The predicted octanol–water partition coefficient (Wildman–Crippen LogP) is 1.62. The number of aromatic nitrogens is 1. The molecule has 3 heteroatoms. The van der Waals surface area contributed by atoms with Crippen LogP contribution in [-0.2, 0) is 0 Å². The van der Waals surface area contributed by atoms with E-state index in [9.17, 15) is 5.11 Å². The predicted molar refractivity (Wildman–Crippen MR) is 60.4 cm³/mol. The van der Waals surface area contributed by atoms with E-state index in [1.165, 1.54) is 0 Å². The highest BCUT2D eigenvalue weighted by atomic mass is 16.3. The molecule has 1 aromatic heterocycles. The molecule has 0 aliphatic heterocycles. The van der Waals surface area contributed by atoms with E-state index in [0.717, 1.165) is 16.5 Å². The van der Waals surface area contributed by atoms with Crippen molar-refractivity contribution in [3.63, 3.8) is 0 Å². The Morgan fingerprint density at radius 3 is 3.00 bits per heavy atom. The van der Waals surface area contributed by atoms with Crippen LogP contribution in [0.5, 0.6) is 0 Å². The summed E-state index contributed by atoms with van der Waals surface area (Å²) >= 11 is 0. The van der Waals surface area contributed by atoms with Gasteiger partial charge in [-0.05, 0) is 36.7 Å². The van der Waals surface area contributed by atoms with Crippen molar-refractivity contribution in [1.29, 1.82) is 0 Å². The molecule has 0 amide bonds. The van der Waals surface area contributed by atoms with Crippen molar-refractivity contribution in [2.24, 2.45) is 5.73 Å². The van der Waals surface area contributed by atoms with Crippen LogP contribution in [0.1, 0.15) is 18.1 Å². The third kappa shape index (κ3) is 2.14. The van der Waals surface area contributed by atoms with Crippen molar-refractivity contribution in [3.8, 4) is 0 Å². The Labute approximate surface area is 88.6 Å². The van der Waals surface area contributed by atoms with Crippen molar-refractivity contribution in [3.05, 3.63) is 42.1 Å². The van der Waals surface area contributed by atoms with E-state index in [2.05, 4.69) is 4.98 Å². The average molecular weight is 202 g/mol. The van der Waals surface area contributed by atoms with Crippen LogP contribution >= 0.6 is 0 Å². The number of hydrogen-bond acceptors (Lipinski definition) is 3. The van der Waals surface area contributed by atoms with Gasteiger partial charge in [0.15, 0.2) is 0 Å². The maximum atomic E-state index is 9.78. The second kappa shape index (κ2) is 4.38. The van der Waals surface area contributed by atoms with Crippen LogP contribution in [0.15, 0.2) is 36.5 Å². The van der Waals surface area contributed by atoms with Gasteiger partial charge in [0, 0.05) is 11.6 Å². The Bertz CT molecular complexity index is 456. The molecule has 2 rings (SSSR count). The molecule has 0 aliphatic carbocycles. The highest BCUT2D eigenvalue weighted by molar-refractivity contribution is 5.78. The Hall–Kier alpha value is -1.45. The zero-order valence-corrected chi connectivity index (χ0v) is 8.43. The molecule has 1 aromatic carbocycles. The minimum Gasteiger partial charge on any atom is -0.388 e. The zero-order valence-electron chi connectivity index (χ0n) is 8.43. The van der Waals surface area contributed by atoms with Gasteiger partial charge in [-0.15, -0.1) is 0 Å². The molecule has 78 valence electrons. The Morgan fingerprint density at radius 1 is 1.33 bits per heavy atom. The summed E-state index contributed by atoms with van der Waals surface area (Å²) in [5, 5.41) is 10.8. The minimum absolute atomic E-state index is 0.473. The van der Waals surface area contributed by atoms with Crippen LogP contribution in [0, 0.1) is 0 Å². The molecule has 0 aliphatic rings. The van der Waals surface area contributed by atoms with Crippen molar-refractivity contribution >= 4 is 10.9 Å². The van der Waals surface area contributed by atoms with E-state index < -0.39 is 6.10 Å². The van der Waals surface area contributed by atoms with E-state index in [1.807, 2.05) is 30.3 Å². The van der Waals surface area contributed by atoms with Gasteiger partial charge in [0.05, 0.1) is 11.6 Å². The van der Waals surface area contributed by atoms with Gasteiger partial charge in [0.1, 0.15) is 0 Å². The van der Waals surface area contributed by atoms with Crippen LogP contribution in [-0.4, -0.2) is 16.6 Å². The first kappa shape index (κ1) is 10.1. The Morgan fingerprint density at radius 2 is 2.20 bits per heavy atom. The summed E-state index contributed by atoms with van der Waals surface area (Å²) < 4.78 is 0. The number of rotatable bonds is 3. The summed E-state index contributed by atoms with van der Waals surface area (Å²) in [6, 6.07) is 9.66. The number of hydrogen-bond donors (Lipinski definition) is 2. The van der Waals surface area contributed by atoms with Crippen LogP contribution in [0.4, 0.5) is 0 Å². The highest BCUT2D eigenvalue weighted by Crippen LogP contribution is 2.20. The lowest BCUT2D eigenvalue weighted by atomic mass is 10.0. The number of aliphatic hydroxyl groups excluding tert-OH is 1. The fourth-order valence-corrected chi connectivity index (χ4v) is 1.63. The molecule has 1 atom stereocenters. The average Bonchev–Trinajstić information content (AvgIpc) is 2.29. The second-order valence-electron chi connectivity index (χ2n) is 3.55. The van der Waals surface area contributed by atoms with Gasteiger partial charge in [-0.3, -0.25) is 4.98 Å². The lowest BCUT2D eigenvalue weighted by Gasteiger charge is -2.09. The quantitative estimate of drug-likeness (QED) is 0.795. The summed E-state index contributed by atoms with van der Waals surface area (Å²) in [7, 11) is 0. The summed E-state index contributed by atoms with van der Waals surface area (Å²) in [5.41, 5.74) is 7.26. The van der Waals surface area contributed by atoms with Gasteiger partial charge in [-0.25, -0.2) is 0 Å². The third-order valence-corrected chi connectivity index (χ3v) is 2.45. The zero-order chi connectivity index (χ0) is 10.7. The summed E-state index contributed by atoms with van der Waals surface area (Å²) in [6.07, 6.45) is 1.88. The maximum Gasteiger partial charge on any atom is 0.0802 e. The number of pyridine rings is 1. The smallest absolute Gasteiger partial charge is 0.0802 e. The molecule has 15 heavy (non-hydrogen) atoms. The molecular weight excluding hydrogens is 188 g/mol. The molecule has 0 bridgehead atoms. The lowest BCUT2D eigenvalue weighted by molar-refractivity contribution is 0.170. The minimum atomic E-state index is -0.473. The molecule has 0 saturated heterocycles. The van der Waals surface area contributed by atoms with Gasteiger partial charge in [-0.2, -0.15) is 0 Å². The molecular formula is C12H14N2O. The summed E-state index contributed by atoms with van der Waals surface area (Å²) in [6.45, 7) is 0.492. The van der Waals surface area contributed by atoms with Gasteiger partial charge in [0.2, 0.25) is 0 Å². The van der Waals surface area contributed by atoms with Crippen LogP contribution in [0.2, 0.25) is 0 Å². The Balaban J connectivity index is 2.38. The van der Waals surface area contributed by atoms with E-state index in [4.69, 9.17) is 5.73 Å². The number of aliphatic hydroxyl groups is 1. The molecule has 0 radical (unpaired) electrons. The van der Waals surface area contributed by atoms with E-state index in [1.54, 1.807) is 6.20 Å². The molecule has 0 spiro atoms. The second-order valence-corrected chi connectivity index (χ2v) is 3.55. The standard InChI is InChI=1S/C12H14N2O/c13-6-5-12(15)10-3-4-11-9(8-10)2-1-7-14-11/h1-4,7-8,12,15H,5-6,13H2. The first-order chi connectivity index (χ1) is 7.31. The number of nitrogens with two attached hydrogens (primary N) is 1. The molecule has 3 N–H and O–H groups in total. The van der Waals surface area contributed by atoms with Crippen LogP contribution < -0.4 is 5.73 Å². The first-order valence-electron chi connectivity index (χ1n) is 5.04. The lowest BCUT2D eigenvalue weighted by Crippen LogP contribution is -2.06. The molecule has 0 fully saturated rings. The molecule has 1 unspecified atom stereocenters. The van der Waals surface area contributed by atoms with Gasteiger partial charge in [-0.1, -0.05) is 12.1 Å². The highest BCUT2D eigenvalue weighted by Gasteiger charge is 2.06. The van der Waals surface area contributed by atoms with Crippen molar-refractivity contribution < 1.29 is 5.11 Å². The molecule has 1 heterocycles. The fourth-order valence-electron chi connectivity index (χ4n) is 1.63. The SMILES string of the molecule is NCCC(O)c1ccc2ncccc2c1. The van der Waals surface area contributed by atoms with Gasteiger partial charge < -0.3 is 10.8 Å². The van der Waals surface area contributed by atoms with Gasteiger partial charge in [0.25, 0.3) is 0 Å². The number of benzene rings is 1. The summed E-state index contributed by atoms with van der Waals surface area (Å²) in [4.78, 5) is 4.22. The van der Waals surface area contributed by atoms with Crippen LogP contribution in [0.3, 0.4) is 0 Å². The molecule has 3 nitrogen and oxygen atoms in total. The summed E-state index contributed by atoms with van der Waals surface area (Å²) in [5.74, 6) is 0. The van der Waals surface area contributed by atoms with E-state index in [0.29, 0.717) is 13.0 Å². The number of fused-ring (bicyclic) bond motifs is 1. The van der Waals surface area contributed by atoms with Gasteiger partial charge >= 0.3 is 0 Å². The maximum absolute atomic E-state index is 9.78. The normalized spacial score (nSPS) is 12.9. The first-order valence-corrected chi connectivity index (χ1v) is 5.04. The third-order valence-electron chi connectivity index (χ3n) is 2.45. The van der Waals surface area contributed by atoms with Crippen molar-refractivity contribution in [2.45, 2.75) is 12.5 Å². The number of nitrogens with zero attached hydrogens (tertiary/aromatic N) is 1. The van der Waals surface area contributed by atoms with Crippen molar-refractivity contribution in [2.75, 3.05) is 6.54 Å². The Kier molecular flexibility index (Phi) is 2.94. The topological polar surface area (TPSA) is 59.1 Å². The largest absolute Gasteiger partial charge is 0.388 e. The molecule has 2 aromatic rings. The van der Waals surface area contributed by atoms with E-state index >= 15 is 0 Å². The monoisotopic (exact) mass is 202 g/mol. The van der Waals surface area contributed by atoms with Crippen molar-refractivity contribution in [1.82, 2.24) is 4.98 Å².